The second-order valence-corrected chi connectivity index (χ2v) is 5.04. The highest BCUT2D eigenvalue weighted by Gasteiger charge is 2.29. The van der Waals surface area contributed by atoms with Crippen molar-refractivity contribution in [2.45, 2.75) is 25.3 Å². The molecule has 104 valence electrons. The van der Waals surface area contributed by atoms with Crippen LogP contribution in [0.1, 0.15) is 41.4 Å². The molecule has 0 N–H and O–H groups in total. The van der Waals surface area contributed by atoms with Gasteiger partial charge in [0, 0.05) is 6.54 Å². The zero-order chi connectivity index (χ0) is 13.9. The summed E-state index contributed by atoms with van der Waals surface area (Å²) in [5.41, 5.74) is 0.978. The fourth-order valence-electron chi connectivity index (χ4n) is 2.75. The normalized spacial score (nSPS) is 19.1. The third-order valence-corrected chi connectivity index (χ3v) is 3.75. The van der Waals surface area contributed by atoms with E-state index in [0.717, 1.165) is 24.8 Å². The Balaban J connectivity index is 1.87. The van der Waals surface area contributed by atoms with Gasteiger partial charge >= 0.3 is 0 Å². The predicted octanol–water partition coefficient (Wildman–Crippen LogP) is 3.79. The SMILES string of the molecule is O=C(c1ccco1)N1CCCC[C@H]1c1ccc(F)cc1. The minimum Gasteiger partial charge on any atom is -0.459 e. The van der Waals surface area contributed by atoms with Crippen molar-refractivity contribution in [1.29, 1.82) is 0 Å². The van der Waals surface area contributed by atoms with Gasteiger partial charge in [-0.25, -0.2) is 4.39 Å². The van der Waals surface area contributed by atoms with E-state index in [-0.39, 0.29) is 17.8 Å². The molecule has 0 unspecified atom stereocenters. The van der Waals surface area contributed by atoms with E-state index in [4.69, 9.17) is 4.42 Å². The van der Waals surface area contributed by atoms with Gasteiger partial charge in [-0.3, -0.25) is 4.79 Å². The van der Waals surface area contributed by atoms with Gasteiger partial charge < -0.3 is 9.32 Å². The number of benzene rings is 1. The van der Waals surface area contributed by atoms with Gasteiger partial charge in [-0.1, -0.05) is 12.1 Å². The van der Waals surface area contributed by atoms with Crippen molar-refractivity contribution < 1.29 is 13.6 Å². The lowest BCUT2D eigenvalue weighted by Crippen LogP contribution is -2.38. The average Bonchev–Trinajstić information content (AvgIpc) is 3.02. The molecular weight excluding hydrogens is 257 g/mol. The molecule has 1 amide bonds. The Labute approximate surface area is 117 Å². The standard InChI is InChI=1S/C16H16FNO2/c17-13-8-6-12(7-9-13)14-4-1-2-10-18(14)16(19)15-5-3-11-20-15/h3,5-9,11,14H,1-2,4,10H2/t14-/m0/s1. The molecule has 2 aromatic rings. The van der Waals surface area contributed by atoms with E-state index in [9.17, 15) is 9.18 Å². The first-order chi connectivity index (χ1) is 9.75. The number of carbonyl (C=O) groups excluding carboxylic acids is 1. The van der Waals surface area contributed by atoms with Crippen molar-refractivity contribution >= 4 is 5.91 Å². The lowest BCUT2D eigenvalue weighted by atomic mass is 9.95. The number of carbonyl (C=O) groups is 1. The highest BCUT2D eigenvalue weighted by atomic mass is 19.1. The molecule has 20 heavy (non-hydrogen) atoms. The van der Waals surface area contributed by atoms with Crippen LogP contribution in [-0.4, -0.2) is 17.4 Å². The summed E-state index contributed by atoms with van der Waals surface area (Å²) in [5, 5.41) is 0. The molecule has 1 aliphatic heterocycles. The number of hydrogen-bond acceptors (Lipinski definition) is 2. The van der Waals surface area contributed by atoms with Crippen LogP contribution in [0.25, 0.3) is 0 Å². The van der Waals surface area contributed by atoms with E-state index < -0.39 is 0 Å². The molecule has 0 spiro atoms. The predicted molar refractivity (Wildman–Crippen MR) is 72.7 cm³/mol. The lowest BCUT2D eigenvalue weighted by Gasteiger charge is -2.35. The molecule has 1 aromatic heterocycles. The van der Waals surface area contributed by atoms with E-state index >= 15 is 0 Å². The van der Waals surface area contributed by atoms with Gasteiger partial charge in [-0.15, -0.1) is 0 Å². The Morgan fingerprint density at radius 3 is 2.70 bits per heavy atom. The average molecular weight is 273 g/mol. The number of hydrogen-bond donors (Lipinski definition) is 0. The summed E-state index contributed by atoms with van der Waals surface area (Å²) in [5.74, 6) is 0.0107. The van der Waals surface area contributed by atoms with Gasteiger partial charge in [0.25, 0.3) is 5.91 Å². The van der Waals surface area contributed by atoms with Crippen LogP contribution < -0.4 is 0 Å². The summed E-state index contributed by atoms with van der Waals surface area (Å²) in [6, 6.07) is 9.80. The van der Waals surface area contributed by atoms with Crippen LogP contribution in [0.3, 0.4) is 0 Å². The Bertz CT molecular complexity index is 577. The number of nitrogens with zero attached hydrogens (tertiary/aromatic N) is 1. The van der Waals surface area contributed by atoms with Gasteiger partial charge in [0.2, 0.25) is 0 Å². The molecule has 1 fully saturated rings. The number of rotatable bonds is 2. The molecule has 3 nitrogen and oxygen atoms in total. The van der Waals surface area contributed by atoms with Crippen molar-refractivity contribution in [3.05, 3.63) is 59.8 Å². The first kappa shape index (κ1) is 12.9. The molecule has 1 aliphatic rings. The number of furan rings is 1. The number of amides is 1. The van der Waals surface area contributed by atoms with Crippen LogP contribution in [0.2, 0.25) is 0 Å². The molecule has 0 bridgehead atoms. The van der Waals surface area contributed by atoms with Crippen LogP contribution >= 0.6 is 0 Å². The highest BCUT2D eigenvalue weighted by molar-refractivity contribution is 5.91. The van der Waals surface area contributed by atoms with Crippen molar-refractivity contribution in [3.8, 4) is 0 Å². The minimum absolute atomic E-state index is 0.00181. The van der Waals surface area contributed by atoms with Crippen LogP contribution in [0.5, 0.6) is 0 Å². The molecule has 0 saturated carbocycles. The van der Waals surface area contributed by atoms with Gasteiger partial charge in [0.15, 0.2) is 5.76 Å². The first-order valence-corrected chi connectivity index (χ1v) is 6.85. The maximum Gasteiger partial charge on any atom is 0.290 e. The van der Waals surface area contributed by atoms with E-state index in [1.165, 1.54) is 18.4 Å². The van der Waals surface area contributed by atoms with Crippen LogP contribution in [-0.2, 0) is 0 Å². The lowest BCUT2D eigenvalue weighted by molar-refractivity contribution is 0.0579. The topological polar surface area (TPSA) is 33.5 Å². The quantitative estimate of drug-likeness (QED) is 0.834. The fraction of sp³-hybridized carbons (Fsp3) is 0.312. The van der Waals surface area contributed by atoms with Crippen molar-refractivity contribution in [3.63, 3.8) is 0 Å². The van der Waals surface area contributed by atoms with Crippen LogP contribution in [0.15, 0.2) is 47.1 Å². The third-order valence-electron chi connectivity index (χ3n) is 3.75. The van der Waals surface area contributed by atoms with E-state index in [1.807, 2.05) is 4.90 Å². The summed E-state index contributed by atoms with van der Waals surface area (Å²) < 4.78 is 18.2. The third kappa shape index (κ3) is 2.46. The largest absolute Gasteiger partial charge is 0.459 e. The van der Waals surface area contributed by atoms with E-state index in [2.05, 4.69) is 0 Å². The summed E-state index contributed by atoms with van der Waals surface area (Å²) in [6.07, 6.45) is 4.47. The summed E-state index contributed by atoms with van der Waals surface area (Å²) in [7, 11) is 0. The van der Waals surface area contributed by atoms with Gasteiger partial charge in [0.1, 0.15) is 5.82 Å². The monoisotopic (exact) mass is 273 g/mol. The molecule has 1 saturated heterocycles. The Kier molecular flexibility index (Phi) is 3.54. The van der Waals surface area contributed by atoms with Crippen LogP contribution in [0, 0.1) is 5.82 Å². The van der Waals surface area contributed by atoms with E-state index in [1.54, 1.807) is 24.3 Å². The van der Waals surface area contributed by atoms with Crippen molar-refractivity contribution in [2.24, 2.45) is 0 Å². The fourth-order valence-corrected chi connectivity index (χ4v) is 2.75. The van der Waals surface area contributed by atoms with Crippen molar-refractivity contribution in [2.75, 3.05) is 6.54 Å². The molecule has 1 aromatic carbocycles. The summed E-state index contributed by atoms with van der Waals surface area (Å²) in [4.78, 5) is 14.3. The van der Waals surface area contributed by atoms with E-state index in [0.29, 0.717) is 12.3 Å². The molecule has 0 radical (unpaired) electrons. The number of halogens is 1. The summed E-state index contributed by atoms with van der Waals surface area (Å²) in [6.45, 7) is 0.710. The molecule has 2 heterocycles. The molecular formula is C16H16FNO2. The Morgan fingerprint density at radius 2 is 2.00 bits per heavy atom. The first-order valence-electron chi connectivity index (χ1n) is 6.85. The molecule has 1 atom stereocenters. The molecule has 0 aliphatic carbocycles. The van der Waals surface area contributed by atoms with Crippen LogP contribution in [0.4, 0.5) is 4.39 Å². The Morgan fingerprint density at radius 1 is 1.20 bits per heavy atom. The van der Waals surface area contributed by atoms with Gasteiger partial charge in [0.05, 0.1) is 12.3 Å². The molecule has 3 rings (SSSR count). The number of piperidine rings is 1. The number of likely N-dealkylation sites (tertiary alicyclic amines) is 1. The smallest absolute Gasteiger partial charge is 0.290 e. The summed E-state index contributed by atoms with van der Waals surface area (Å²) >= 11 is 0. The van der Waals surface area contributed by atoms with Crippen molar-refractivity contribution in [1.82, 2.24) is 4.90 Å². The second kappa shape index (κ2) is 5.49. The maximum atomic E-state index is 13.0. The maximum absolute atomic E-state index is 13.0. The van der Waals surface area contributed by atoms with Gasteiger partial charge in [-0.05, 0) is 49.1 Å². The second-order valence-electron chi connectivity index (χ2n) is 5.04. The zero-order valence-corrected chi connectivity index (χ0v) is 11.1. The van der Waals surface area contributed by atoms with Gasteiger partial charge in [-0.2, -0.15) is 0 Å². The minimum atomic E-state index is -0.256. The highest BCUT2D eigenvalue weighted by Crippen LogP contribution is 2.32. The Hall–Kier alpha value is -2.10. The molecule has 4 heteroatoms. The zero-order valence-electron chi connectivity index (χ0n) is 11.1.